The van der Waals surface area contributed by atoms with E-state index in [2.05, 4.69) is 4.99 Å². The lowest BCUT2D eigenvalue weighted by molar-refractivity contribution is -0.143. The Bertz CT molecular complexity index is 1360. The van der Waals surface area contributed by atoms with Gasteiger partial charge in [-0.25, -0.2) is 12.8 Å². The van der Waals surface area contributed by atoms with Gasteiger partial charge < -0.3 is 9.30 Å². The number of carbonyl (C=O) groups excluding carboxylic acids is 2. The lowest BCUT2D eigenvalue weighted by Gasteiger charge is -2.20. The SMILES string of the molecule is CCOC(=O)Cn1c(=NC(=O)c2ccc(S(=O)(=O)N(C)C(C)C)cc2)sc2cccc(F)c21. The number of para-hydroxylation sites is 1. The molecule has 11 heteroatoms. The topological polar surface area (TPSA) is 98.0 Å². The summed E-state index contributed by atoms with van der Waals surface area (Å²) >= 11 is 1.06. The summed E-state index contributed by atoms with van der Waals surface area (Å²) in [5.41, 5.74) is 0.307. The average molecular weight is 494 g/mol. The van der Waals surface area contributed by atoms with Crippen LogP contribution in [-0.4, -0.2) is 48.9 Å². The van der Waals surface area contributed by atoms with E-state index in [1.807, 2.05) is 0 Å². The molecule has 0 spiro atoms. The van der Waals surface area contributed by atoms with E-state index in [9.17, 15) is 22.4 Å². The predicted octanol–water partition coefficient (Wildman–Crippen LogP) is 3.18. The van der Waals surface area contributed by atoms with Gasteiger partial charge >= 0.3 is 5.97 Å². The van der Waals surface area contributed by atoms with Gasteiger partial charge in [0, 0.05) is 18.7 Å². The number of nitrogens with zero attached hydrogens (tertiary/aromatic N) is 3. The molecule has 0 N–H and O–H groups in total. The number of carbonyl (C=O) groups is 2. The van der Waals surface area contributed by atoms with Gasteiger partial charge in [-0.15, -0.1) is 0 Å². The number of rotatable bonds is 7. The Kier molecular flexibility index (Phi) is 7.45. The zero-order valence-electron chi connectivity index (χ0n) is 18.6. The molecule has 3 rings (SSSR count). The van der Waals surface area contributed by atoms with Crippen LogP contribution < -0.4 is 4.80 Å². The Labute approximate surface area is 195 Å². The van der Waals surface area contributed by atoms with Crippen molar-refractivity contribution in [2.45, 2.75) is 38.3 Å². The molecule has 0 unspecified atom stereocenters. The predicted molar refractivity (Wildman–Crippen MR) is 123 cm³/mol. The number of benzene rings is 2. The third kappa shape index (κ3) is 5.21. The van der Waals surface area contributed by atoms with Gasteiger partial charge in [0.25, 0.3) is 5.91 Å². The maximum absolute atomic E-state index is 14.5. The number of fused-ring (bicyclic) bond motifs is 1. The molecule has 2 aromatic carbocycles. The molecule has 0 bridgehead atoms. The quantitative estimate of drug-likeness (QED) is 0.471. The van der Waals surface area contributed by atoms with Crippen LogP contribution in [0.2, 0.25) is 0 Å². The van der Waals surface area contributed by atoms with E-state index in [0.717, 1.165) is 11.3 Å². The lowest BCUT2D eigenvalue weighted by atomic mass is 10.2. The zero-order valence-corrected chi connectivity index (χ0v) is 20.2. The average Bonchev–Trinajstić information content (AvgIpc) is 3.11. The molecule has 1 aromatic heterocycles. The number of hydrogen-bond donors (Lipinski definition) is 0. The van der Waals surface area contributed by atoms with E-state index in [4.69, 9.17) is 4.74 Å². The summed E-state index contributed by atoms with van der Waals surface area (Å²) in [4.78, 5) is 29.1. The molecule has 33 heavy (non-hydrogen) atoms. The Hall–Kier alpha value is -2.89. The Morgan fingerprint density at radius 2 is 1.85 bits per heavy atom. The van der Waals surface area contributed by atoms with Gasteiger partial charge in [0.05, 0.1) is 21.7 Å². The Morgan fingerprint density at radius 3 is 2.45 bits per heavy atom. The first kappa shape index (κ1) is 24.7. The van der Waals surface area contributed by atoms with Crippen molar-refractivity contribution >= 4 is 43.5 Å². The fourth-order valence-electron chi connectivity index (χ4n) is 3.02. The van der Waals surface area contributed by atoms with E-state index in [0.29, 0.717) is 4.70 Å². The summed E-state index contributed by atoms with van der Waals surface area (Å²) in [6.45, 7) is 5.03. The third-order valence-electron chi connectivity index (χ3n) is 4.95. The molecule has 0 aliphatic carbocycles. The van der Waals surface area contributed by atoms with E-state index in [1.165, 1.54) is 52.3 Å². The Balaban J connectivity index is 2.01. The van der Waals surface area contributed by atoms with Crippen molar-refractivity contribution < 1.29 is 27.1 Å². The van der Waals surface area contributed by atoms with Gasteiger partial charge in [-0.2, -0.15) is 9.30 Å². The second-order valence-electron chi connectivity index (χ2n) is 7.42. The van der Waals surface area contributed by atoms with Crippen LogP contribution in [0.15, 0.2) is 52.4 Å². The number of thiazole rings is 1. The monoisotopic (exact) mass is 493 g/mol. The number of halogens is 1. The summed E-state index contributed by atoms with van der Waals surface area (Å²) in [7, 11) is -2.21. The summed E-state index contributed by atoms with van der Waals surface area (Å²) in [6.07, 6.45) is 0. The molecule has 1 amide bonds. The minimum atomic E-state index is -3.69. The van der Waals surface area contributed by atoms with Crippen molar-refractivity contribution in [2.75, 3.05) is 13.7 Å². The van der Waals surface area contributed by atoms with Gasteiger partial charge in [-0.1, -0.05) is 17.4 Å². The second-order valence-corrected chi connectivity index (χ2v) is 10.4. The molecule has 0 atom stereocenters. The summed E-state index contributed by atoms with van der Waals surface area (Å²) < 4.78 is 47.7. The van der Waals surface area contributed by atoms with Crippen molar-refractivity contribution in [3.63, 3.8) is 0 Å². The minimum Gasteiger partial charge on any atom is -0.465 e. The van der Waals surface area contributed by atoms with Crippen molar-refractivity contribution in [3.05, 3.63) is 58.6 Å². The Morgan fingerprint density at radius 1 is 1.18 bits per heavy atom. The van der Waals surface area contributed by atoms with Crippen molar-refractivity contribution in [3.8, 4) is 0 Å². The number of ether oxygens (including phenoxy) is 1. The maximum Gasteiger partial charge on any atom is 0.326 e. The highest BCUT2D eigenvalue weighted by Crippen LogP contribution is 2.21. The number of hydrogen-bond acceptors (Lipinski definition) is 6. The molecular formula is C22H24FN3O5S2. The van der Waals surface area contributed by atoms with E-state index in [-0.39, 0.29) is 40.0 Å². The molecule has 0 aliphatic rings. The number of esters is 1. The van der Waals surface area contributed by atoms with E-state index < -0.39 is 27.7 Å². The van der Waals surface area contributed by atoms with Crippen molar-refractivity contribution in [1.82, 2.24) is 8.87 Å². The molecule has 0 fully saturated rings. The first-order valence-corrected chi connectivity index (χ1v) is 12.4. The summed E-state index contributed by atoms with van der Waals surface area (Å²) in [5.74, 6) is -1.79. The van der Waals surface area contributed by atoms with Crippen LogP contribution in [0.4, 0.5) is 4.39 Å². The molecule has 0 radical (unpaired) electrons. The largest absolute Gasteiger partial charge is 0.465 e. The molecular weight excluding hydrogens is 469 g/mol. The minimum absolute atomic E-state index is 0.0524. The summed E-state index contributed by atoms with van der Waals surface area (Å²) in [6, 6.07) is 9.65. The zero-order chi connectivity index (χ0) is 24.3. The highest BCUT2D eigenvalue weighted by molar-refractivity contribution is 7.89. The van der Waals surface area contributed by atoms with Crippen LogP contribution in [0, 0.1) is 5.82 Å². The van der Waals surface area contributed by atoms with Crippen LogP contribution in [0.5, 0.6) is 0 Å². The van der Waals surface area contributed by atoms with Gasteiger partial charge in [-0.05, 0) is 57.2 Å². The van der Waals surface area contributed by atoms with Crippen LogP contribution in [0.1, 0.15) is 31.1 Å². The third-order valence-corrected chi connectivity index (χ3v) is 8.04. The van der Waals surface area contributed by atoms with Gasteiger partial charge in [0.2, 0.25) is 10.0 Å². The standard InChI is InChI=1S/C22H24FN3O5S2/c1-5-31-19(27)13-26-20-17(23)7-6-8-18(20)32-22(26)24-21(28)15-9-11-16(12-10-15)33(29,30)25(4)14(2)3/h6-12,14H,5,13H2,1-4H3. The van der Waals surface area contributed by atoms with E-state index in [1.54, 1.807) is 26.8 Å². The smallest absolute Gasteiger partial charge is 0.326 e. The van der Waals surface area contributed by atoms with Gasteiger partial charge in [0.15, 0.2) is 4.80 Å². The van der Waals surface area contributed by atoms with Crippen LogP contribution in [0.3, 0.4) is 0 Å². The lowest BCUT2D eigenvalue weighted by Crippen LogP contribution is -2.33. The molecule has 8 nitrogen and oxygen atoms in total. The number of amides is 1. The van der Waals surface area contributed by atoms with E-state index >= 15 is 0 Å². The normalized spacial score (nSPS) is 12.6. The van der Waals surface area contributed by atoms with Crippen LogP contribution >= 0.6 is 11.3 Å². The molecule has 0 saturated carbocycles. The van der Waals surface area contributed by atoms with Crippen molar-refractivity contribution in [2.24, 2.45) is 4.99 Å². The first-order chi connectivity index (χ1) is 15.6. The molecule has 0 saturated heterocycles. The molecule has 3 aromatic rings. The fraction of sp³-hybridized carbons (Fsp3) is 0.318. The van der Waals surface area contributed by atoms with Gasteiger partial charge in [0.1, 0.15) is 12.4 Å². The van der Waals surface area contributed by atoms with Crippen molar-refractivity contribution in [1.29, 1.82) is 0 Å². The molecule has 1 heterocycles. The highest BCUT2D eigenvalue weighted by atomic mass is 32.2. The second kappa shape index (κ2) is 9.94. The number of sulfonamides is 1. The first-order valence-electron chi connectivity index (χ1n) is 10.2. The highest BCUT2D eigenvalue weighted by Gasteiger charge is 2.23. The summed E-state index contributed by atoms with van der Waals surface area (Å²) in [5, 5.41) is 0. The van der Waals surface area contributed by atoms with Crippen LogP contribution in [-0.2, 0) is 26.1 Å². The maximum atomic E-state index is 14.5. The van der Waals surface area contributed by atoms with Gasteiger partial charge in [-0.3, -0.25) is 9.59 Å². The fourth-order valence-corrected chi connectivity index (χ4v) is 5.43. The molecule has 0 aliphatic heterocycles. The molecule has 176 valence electrons. The number of aromatic nitrogens is 1. The van der Waals surface area contributed by atoms with Crippen LogP contribution in [0.25, 0.3) is 10.2 Å².